The molecule has 0 saturated carbocycles. The van der Waals surface area contributed by atoms with Crippen LogP contribution >= 0.6 is 0 Å². The molecule has 0 bridgehead atoms. The molecule has 0 aliphatic rings. The number of allylic oxidation sites excluding steroid dienone is 2. The number of unbranched alkanes of at least 4 members (excludes halogenated alkanes) is 5. The Morgan fingerprint density at radius 1 is 0.895 bits per heavy atom. The first-order valence-corrected chi connectivity index (χ1v) is 8.10. The first-order chi connectivity index (χ1) is 9.38. The molecule has 0 radical (unpaired) electrons. The molecule has 1 rings (SSSR count). The molecule has 0 heterocycles. The summed E-state index contributed by atoms with van der Waals surface area (Å²) in [5, 5.41) is 0. The second-order valence-electron chi connectivity index (χ2n) is 5.44. The van der Waals surface area contributed by atoms with Crippen molar-refractivity contribution in [3.05, 3.63) is 48.0 Å². The first-order valence-electron chi connectivity index (χ1n) is 8.10. The molecule has 0 saturated heterocycles. The lowest BCUT2D eigenvalue weighted by molar-refractivity contribution is 0.603. The fourth-order valence-corrected chi connectivity index (χ4v) is 2.45. The third-order valence-electron chi connectivity index (χ3n) is 3.69. The summed E-state index contributed by atoms with van der Waals surface area (Å²) in [6.45, 7) is 4.53. The minimum Gasteiger partial charge on any atom is -0.0879 e. The third-order valence-corrected chi connectivity index (χ3v) is 3.69. The Morgan fingerprint density at radius 3 is 2.32 bits per heavy atom. The Kier molecular flexibility index (Phi) is 9.14. The Labute approximate surface area is 119 Å². The maximum Gasteiger partial charge on any atom is 0.00179 e. The van der Waals surface area contributed by atoms with Gasteiger partial charge in [-0.1, -0.05) is 94.9 Å². The van der Waals surface area contributed by atoms with Crippen LogP contribution in [0.15, 0.2) is 42.5 Å². The van der Waals surface area contributed by atoms with Crippen LogP contribution in [0.25, 0.3) is 0 Å². The van der Waals surface area contributed by atoms with Crippen molar-refractivity contribution in [3.8, 4) is 0 Å². The van der Waals surface area contributed by atoms with E-state index in [9.17, 15) is 0 Å². The van der Waals surface area contributed by atoms with Crippen molar-refractivity contribution in [2.24, 2.45) is 0 Å². The van der Waals surface area contributed by atoms with Gasteiger partial charge in [0, 0.05) is 5.92 Å². The van der Waals surface area contributed by atoms with E-state index in [2.05, 4.69) is 56.3 Å². The van der Waals surface area contributed by atoms with E-state index in [0.29, 0.717) is 5.92 Å². The summed E-state index contributed by atoms with van der Waals surface area (Å²) in [5.41, 5.74) is 1.48. The van der Waals surface area contributed by atoms with E-state index >= 15 is 0 Å². The molecule has 1 aromatic rings. The third kappa shape index (κ3) is 7.20. The zero-order chi connectivity index (χ0) is 13.8. The first kappa shape index (κ1) is 16.0. The van der Waals surface area contributed by atoms with Crippen LogP contribution in [0, 0.1) is 0 Å². The van der Waals surface area contributed by atoms with Gasteiger partial charge in [0.2, 0.25) is 0 Å². The van der Waals surface area contributed by atoms with Crippen molar-refractivity contribution >= 4 is 0 Å². The molecular formula is C19H30. The Hall–Kier alpha value is -1.04. The van der Waals surface area contributed by atoms with E-state index in [1.807, 2.05) is 0 Å². The monoisotopic (exact) mass is 258 g/mol. The van der Waals surface area contributed by atoms with Gasteiger partial charge in [-0.05, 0) is 18.4 Å². The Bertz CT molecular complexity index is 323. The summed E-state index contributed by atoms with van der Waals surface area (Å²) < 4.78 is 0. The minimum atomic E-state index is 0.620. The highest BCUT2D eigenvalue weighted by Crippen LogP contribution is 2.24. The predicted molar refractivity (Wildman–Crippen MR) is 86.6 cm³/mol. The van der Waals surface area contributed by atoms with Gasteiger partial charge in [-0.3, -0.25) is 0 Å². The molecule has 1 atom stereocenters. The lowest BCUT2D eigenvalue weighted by Gasteiger charge is -2.13. The Morgan fingerprint density at radius 2 is 1.63 bits per heavy atom. The quantitative estimate of drug-likeness (QED) is 0.332. The molecule has 0 heteroatoms. The number of rotatable bonds is 10. The standard InChI is InChI=1S/C19H30/c1-3-5-7-10-14-18(15-11-8-6-4-2)19-16-12-9-13-17-19/h9-10,12-14,16-18H,3-8,11,15H2,1-2H3/b14-10+. The fourth-order valence-electron chi connectivity index (χ4n) is 2.45. The number of hydrogen-bond acceptors (Lipinski definition) is 0. The summed E-state index contributed by atoms with van der Waals surface area (Å²) >= 11 is 0. The zero-order valence-electron chi connectivity index (χ0n) is 12.8. The van der Waals surface area contributed by atoms with E-state index < -0.39 is 0 Å². The van der Waals surface area contributed by atoms with Crippen molar-refractivity contribution in [2.45, 2.75) is 71.1 Å². The maximum absolute atomic E-state index is 2.44. The van der Waals surface area contributed by atoms with E-state index in [4.69, 9.17) is 0 Å². The van der Waals surface area contributed by atoms with Gasteiger partial charge in [-0.25, -0.2) is 0 Å². The van der Waals surface area contributed by atoms with Crippen LogP contribution in [0.5, 0.6) is 0 Å². The SMILES string of the molecule is CCCC/C=C/C(CCCCCC)c1ccccc1. The van der Waals surface area contributed by atoms with Gasteiger partial charge < -0.3 is 0 Å². The van der Waals surface area contributed by atoms with Crippen LogP contribution in [-0.2, 0) is 0 Å². The lowest BCUT2D eigenvalue weighted by Crippen LogP contribution is -1.95. The summed E-state index contributed by atoms with van der Waals surface area (Å²) in [4.78, 5) is 0. The summed E-state index contributed by atoms with van der Waals surface area (Å²) in [6, 6.07) is 11.0. The molecule has 0 aliphatic carbocycles. The van der Waals surface area contributed by atoms with Crippen LogP contribution < -0.4 is 0 Å². The number of hydrogen-bond donors (Lipinski definition) is 0. The molecule has 1 aromatic carbocycles. The molecule has 19 heavy (non-hydrogen) atoms. The van der Waals surface area contributed by atoms with E-state index in [-0.39, 0.29) is 0 Å². The van der Waals surface area contributed by atoms with Crippen LogP contribution in [0.1, 0.15) is 76.7 Å². The molecule has 1 unspecified atom stereocenters. The zero-order valence-corrected chi connectivity index (χ0v) is 12.8. The van der Waals surface area contributed by atoms with Crippen molar-refractivity contribution in [1.29, 1.82) is 0 Å². The van der Waals surface area contributed by atoms with Gasteiger partial charge in [-0.15, -0.1) is 0 Å². The molecular weight excluding hydrogens is 228 g/mol. The smallest absolute Gasteiger partial charge is 0.00179 e. The molecule has 0 spiro atoms. The topological polar surface area (TPSA) is 0 Å². The van der Waals surface area contributed by atoms with Crippen LogP contribution in [-0.4, -0.2) is 0 Å². The highest BCUT2D eigenvalue weighted by atomic mass is 14.1. The summed E-state index contributed by atoms with van der Waals surface area (Å²) in [5.74, 6) is 0.620. The van der Waals surface area contributed by atoms with Gasteiger partial charge in [0.15, 0.2) is 0 Å². The Balaban J connectivity index is 2.50. The average Bonchev–Trinajstić information content (AvgIpc) is 2.46. The molecule has 0 aromatic heterocycles. The van der Waals surface area contributed by atoms with E-state index in [1.54, 1.807) is 0 Å². The van der Waals surface area contributed by atoms with Gasteiger partial charge in [0.1, 0.15) is 0 Å². The molecule has 0 fully saturated rings. The molecule has 0 N–H and O–H groups in total. The summed E-state index contributed by atoms with van der Waals surface area (Å²) in [7, 11) is 0. The van der Waals surface area contributed by atoms with Crippen molar-refractivity contribution in [1.82, 2.24) is 0 Å². The second-order valence-corrected chi connectivity index (χ2v) is 5.44. The lowest BCUT2D eigenvalue weighted by atomic mass is 9.92. The predicted octanol–water partition coefficient (Wildman–Crippen LogP) is 6.49. The second kappa shape index (κ2) is 10.8. The van der Waals surface area contributed by atoms with E-state index in [0.717, 1.165) is 0 Å². The van der Waals surface area contributed by atoms with Crippen LogP contribution in [0.4, 0.5) is 0 Å². The normalized spacial score (nSPS) is 12.9. The van der Waals surface area contributed by atoms with Crippen LogP contribution in [0.2, 0.25) is 0 Å². The maximum atomic E-state index is 2.44. The van der Waals surface area contributed by atoms with Gasteiger partial charge in [-0.2, -0.15) is 0 Å². The van der Waals surface area contributed by atoms with Gasteiger partial charge in [0.05, 0.1) is 0 Å². The van der Waals surface area contributed by atoms with Crippen molar-refractivity contribution in [2.75, 3.05) is 0 Å². The van der Waals surface area contributed by atoms with Gasteiger partial charge >= 0.3 is 0 Å². The highest BCUT2D eigenvalue weighted by molar-refractivity contribution is 5.23. The fraction of sp³-hybridized carbons (Fsp3) is 0.579. The minimum absolute atomic E-state index is 0.620. The number of benzene rings is 1. The molecule has 0 nitrogen and oxygen atoms in total. The van der Waals surface area contributed by atoms with E-state index in [1.165, 1.54) is 56.9 Å². The van der Waals surface area contributed by atoms with Gasteiger partial charge in [0.25, 0.3) is 0 Å². The molecule has 106 valence electrons. The molecule has 0 amide bonds. The van der Waals surface area contributed by atoms with Crippen molar-refractivity contribution in [3.63, 3.8) is 0 Å². The highest BCUT2D eigenvalue weighted by Gasteiger charge is 2.06. The summed E-state index contributed by atoms with van der Waals surface area (Å²) in [6.07, 6.45) is 15.4. The largest absolute Gasteiger partial charge is 0.0879 e. The van der Waals surface area contributed by atoms with Crippen molar-refractivity contribution < 1.29 is 0 Å². The average molecular weight is 258 g/mol. The van der Waals surface area contributed by atoms with Crippen LogP contribution in [0.3, 0.4) is 0 Å². The molecule has 0 aliphatic heterocycles.